The normalized spacial score (nSPS) is 14.2. The zero-order chi connectivity index (χ0) is 18.1. The molecule has 0 spiro atoms. The molecule has 2 rings (SSSR count). The summed E-state index contributed by atoms with van der Waals surface area (Å²) in [5, 5.41) is 14.6. The Morgan fingerprint density at radius 2 is 2.04 bits per heavy atom. The van der Waals surface area contributed by atoms with Crippen molar-refractivity contribution in [2.24, 2.45) is 0 Å². The summed E-state index contributed by atoms with van der Waals surface area (Å²) in [7, 11) is 1.37. The molecule has 1 aromatic heterocycles. The first-order valence-electron chi connectivity index (χ1n) is 8.68. The van der Waals surface area contributed by atoms with Crippen molar-refractivity contribution in [3.05, 3.63) is 16.4 Å². The lowest BCUT2D eigenvalue weighted by Crippen LogP contribution is -2.31. The second kappa shape index (κ2) is 9.75. The van der Waals surface area contributed by atoms with E-state index >= 15 is 0 Å². The molecule has 1 saturated heterocycles. The molecule has 1 aromatic rings. The van der Waals surface area contributed by atoms with E-state index in [2.05, 4.69) is 20.0 Å². The number of hydrogen-bond donors (Lipinski definition) is 1. The lowest BCUT2D eigenvalue weighted by molar-refractivity contribution is -0.383. The zero-order valence-electron chi connectivity index (χ0n) is 14.6. The average molecular weight is 351 g/mol. The second-order valence-electron chi connectivity index (χ2n) is 6.01. The molecule has 0 radical (unpaired) electrons. The molecule has 1 fully saturated rings. The Morgan fingerprint density at radius 3 is 2.72 bits per heavy atom. The van der Waals surface area contributed by atoms with Crippen LogP contribution in [-0.2, 0) is 9.53 Å². The summed E-state index contributed by atoms with van der Waals surface area (Å²) in [6.45, 7) is 2.12. The molecule has 25 heavy (non-hydrogen) atoms. The van der Waals surface area contributed by atoms with E-state index in [0.717, 1.165) is 51.6 Å². The summed E-state index contributed by atoms with van der Waals surface area (Å²) in [5.41, 5.74) is -0.0565. The Bertz CT molecular complexity index is 590. The summed E-state index contributed by atoms with van der Waals surface area (Å²) < 4.78 is 4.59. The summed E-state index contributed by atoms with van der Waals surface area (Å²) >= 11 is 0. The molecular weight excluding hydrogens is 326 g/mol. The average Bonchev–Trinajstić information content (AvgIpc) is 2.64. The fourth-order valence-corrected chi connectivity index (χ4v) is 2.88. The van der Waals surface area contributed by atoms with Gasteiger partial charge in [0.05, 0.1) is 12.0 Å². The molecule has 0 aromatic carbocycles. The minimum absolute atomic E-state index is 0.0565. The predicted molar refractivity (Wildman–Crippen MR) is 93.7 cm³/mol. The Morgan fingerprint density at radius 1 is 1.28 bits per heavy atom. The number of ether oxygens (including phenoxy) is 1. The largest absolute Gasteiger partial charge is 0.469 e. The van der Waals surface area contributed by atoms with Crippen LogP contribution in [-0.4, -0.2) is 47.6 Å². The number of piperidine rings is 1. The topological polar surface area (TPSA) is 110 Å². The van der Waals surface area contributed by atoms with Crippen LogP contribution in [0.25, 0.3) is 0 Å². The fraction of sp³-hybridized carbons (Fsp3) is 0.688. The van der Waals surface area contributed by atoms with Gasteiger partial charge in [0, 0.05) is 26.1 Å². The number of hydrogen-bond acceptors (Lipinski definition) is 8. The van der Waals surface area contributed by atoms with E-state index in [1.165, 1.54) is 13.4 Å². The van der Waals surface area contributed by atoms with Crippen molar-refractivity contribution in [3.63, 3.8) is 0 Å². The maximum absolute atomic E-state index is 11.5. The van der Waals surface area contributed by atoms with Crippen LogP contribution < -0.4 is 10.2 Å². The fourth-order valence-electron chi connectivity index (χ4n) is 2.88. The highest BCUT2D eigenvalue weighted by atomic mass is 16.6. The molecule has 2 heterocycles. The van der Waals surface area contributed by atoms with Crippen molar-refractivity contribution >= 4 is 23.3 Å². The van der Waals surface area contributed by atoms with Crippen molar-refractivity contribution in [1.82, 2.24) is 9.97 Å². The molecule has 0 unspecified atom stereocenters. The number of carbonyl (C=O) groups is 1. The van der Waals surface area contributed by atoms with Crippen LogP contribution in [0.2, 0.25) is 0 Å². The second-order valence-corrected chi connectivity index (χ2v) is 6.01. The molecule has 138 valence electrons. The number of aromatic nitrogens is 2. The number of unbranched alkanes of at least 4 members (excludes halogenated alkanes) is 2. The van der Waals surface area contributed by atoms with E-state index in [0.29, 0.717) is 18.8 Å². The van der Waals surface area contributed by atoms with Gasteiger partial charge in [-0.3, -0.25) is 14.9 Å². The number of nitrogens with one attached hydrogen (secondary N) is 1. The van der Waals surface area contributed by atoms with Crippen LogP contribution in [0.3, 0.4) is 0 Å². The number of anilines is 2. The third-order valence-corrected chi connectivity index (χ3v) is 4.22. The summed E-state index contributed by atoms with van der Waals surface area (Å²) in [4.78, 5) is 32.3. The molecule has 9 nitrogen and oxygen atoms in total. The van der Waals surface area contributed by atoms with Gasteiger partial charge in [-0.2, -0.15) is 0 Å². The first kappa shape index (κ1) is 18.9. The van der Waals surface area contributed by atoms with Crippen molar-refractivity contribution in [2.45, 2.75) is 44.9 Å². The Labute approximate surface area is 146 Å². The molecule has 1 aliphatic heterocycles. The maximum Gasteiger partial charge on any atom is 0.353 e. The highest BCUT2D eigenvalue weighted by Gasteiger charge is 2.27. The van der Waals surface area contributed by atoms with Crippen LogP contribution in [0.4, 0.5) is 17.3 Å². The minimum atomic E-state index is -0.413. The monoisotopic (exact) mass is 351 g/mol. The SMILES string of the molecule is COC(=O)CCCCCNc1ncnc(N2CCCCC2)c1[N+](=O)[O-]. The number of rotatable bonds is 9. The van der Waals surface area contributed by atoms with Crippen LogP contribution in [0.15, 0.2) is 6.33 Å². The number of methoxy groups -OCH3 is 1. The Hall–Kier alpha value is -2.45. The highest BCUT2D eigenvalue weighted by Crippen LogP contribution is 2.33. The highest BCUT2D eigenvalue weighted by molar-refractivity contribution is 5.70. The summed E-state index contributed by atoms with van der Waals surface area (Å²) in [6.07, 6.45) is 7.30. The smallest absolute Gasteiger partial charge is 0.353 e. The van der Waals surface area contributed by atoms with Gasteiger partial charge in [0.1, 0.15) is 6.33 Å². The number of nitrogens with zero attached hydrogens (tertiary/aromatic N) is 4. The standard InChI is InChI=1S/C16H25N5O4/c1-25-13(22)8-4-2-5-9-17-15-14(21(23)24)16(19-12-18-15)20-10-6-3-7-11-20/h12H,2-11H2,1H3,(H,17,18,19). The van der Waals surface area contributed by atoms with Gasteiger partial charge in [0.2, 0.25) is 11.6 Å². The lowest BCUT2D eigenvalue weighted by atomic mass is 10.1. The van der Waals surface area contributed by atoms with Crippen LogP contribution >= 0.6 is 0 Å². The molecule has 0 atom stereocenters. The zero-order valence-corrected chi connectivity index (χ0v) is 14.6. The molecule has 0 bridgehead atoms. The van der Waals surface area contributed by atoms with Crippen LogP contribution in [0.1, 0.15) is 44.9 Å². The first-order valence-corrected chi connectivity index (χ1v) is 8.68. The van der Waals surface area contributed by atoms with Crippen molar-refractivity contribution in [3.8, 4) is 0 Å². The molecule has 0 aliphatic carbocycles. The quantitative estimate of drug-likeness (QED) is 0.313. The third-order valence-electron chi connectivity index (χ3n) is 4.22. The van der Waals surface area contributed by atoms with Gasteiger partial charge < -0.3 is 15.0 Å². The molecule has 0 amide bonds. The van der Waals surface area contributed by atoms with E-state index in [9.17, 15) is 14.9 Å². The number of nitro groups is 1. The molecule has 0 saturated carbocycles. The third kappa shape index (κ3) is 5.54. The molecular formula is C16H25N5O4. The van der Waals surface area contributed by atoms with Crippen LogP contribution in [0.5, 0.6) is 0 Å². The van der Waals surface area contributed by atoms with Gasteiger partial charge in [0.15, 0.2) is 0 Å². The van der Waals surface area contributed by atoms with Gasteiger partial charge >= 0.3 is 11.7 Å². The van der Waals surface area contributed by atoms with Gasteiger partial charge in [-0.25, -0.2) is 9.97 Å². The summed E-state index contributed by atoms with van der Waals surface area (Å²) in [6, 6.07) is 0. The molecule has 1 N–H and O–H groups in total. The Kier molecular flexibility index (Phi) is 7.36. The van der Waals surface area contributed by atoms with Gasteiger partial charge in [-0.05, 0) is 32.1 Å². The maximum atomic E-state index is 11.5. The summed E-state index contributed by atoms with van der Waals surface area (Å²) in [5.74, 6) is 0.437. The first-order chi connectivity index (χ1) is 12.1. The van der Waals surface area contributed by atoms with E-state index in [-0.39, 0.29) is 17.5 Å². The molecule has 1 aliphatic rings. The van der Waals surface area contributed by atoms with Crippen LogP contribution in [0, 0.1) is 10.1 Å². The van der Waals surface area contributed by atoms with E-state index < -0.39 is 4.92 Å². The van der Waals surface area contributed by atoms with E-state index in [1.54, 1.807) is 0 Å². The van der Waals surface area contributed by atoms with Gasteiger partial charge in [-0.1, -0.05) is 6.42 Å². The minimum Gasteiger partial charge on any atom is -0.469 e. The van der Waals surface area contributed by atoms with Crippen molar-refractivity contribution in [2.75, 3.05) is 37.0 Å². The number of esters is 1. The van der Waals surface area contributed by atoms with E-state index in [1.807, 2.05) is 4.90 Å². The van der Waals surface area contributed by atoms with E-state index in [4.69, 9.17) is 0 Å². The van der Waals surface area contributed by atoms with Gasteiger partial charge in [-0.15, -0.1) is 0 Å². The Balaban J connectivity index is 1.93. The predicted octanol–water partition coefficient (Wildman–Crippen LogP) is 2.52. The lowest BCUT2D eigenvalue weighted by Gasteiger charge is -2.27. The number of carbonyl (C=O) groups excluding carboxylic acids is 1. The van der Waals surface area contributed by atoms with Gasteiger partial charge in [0.25, 0.3) is 0 Å². The van der Waals surface area contributed by atoms with Crippen molar-refractivity contribution in [1.29, 1.82) is 0 Å². The van der Waals surface area contributed by atoms with Crippen molar-refractivity contribution < 1.29 is 14.5 Å². The molecule has 9 heteroatoms.